The van der Waals surface area contributed by atoms with Crippen molar-refractivity contribution >= 4 is 22.8 Å². The van der Waals surface area contributed by atoms with Gasteiger partial charge in [0.1, 0.15) is 17.9 Å². The number of hydrogen-bond acceptors (Lipinski definition) is 4. The number of aromatic amines is 1. The summed E-state index contributed by atoms with van der Waals surface area (Å²) in [5.41, 5.74) is 10.2. The summed E-state index contributed by atoms with van der Waals surface area (Å²) in [4.78, 5) is 24.7. The molecule has 146 valence electrons. The first-order chi connectivity index (χ1) is 13.9. The molecule has 4 N–H and O–H groups in total. The van der Waals surface area contributed by atoms with Crippen LogP contribution in [0.2, 0.25) is 0 Å². The Morgan fingerprint density at radius 3 is 2.69 bits per heavy atom. The Bertz CT molecular complexity index is 1210. The number of H-pyrrole nitrogens is 1. The van der Waals surface area contributed by atoms with Gasteiger partial charge in [0, 0.05) is 12.5 Å². The molecule has 0 aliphatic rings. The van der Waals surface area contributed by atoms with Crippen molar-refractivity contribution in [2.75, 3.05) is 5.01 Å². The number of nitrogens with zero attached hydrogens (tertiary/aromatic N) is 4. The molecule has 8 heteroatoms. The van der Waals surface area contributed by atoms with Gasteiger partial charge >= 0.3 is 0 Å². The van der Waals surface area contributed by atoms with Gasteiger partial charge in [-0.3, -0.25) is 10.2 Å². The zero-order chi connectivity index (χ0) is 20.5. The summed E-state index contributed by atoms with van der Waals surface area (Å²) in [5, 5.41) is 9.22. The van der Waals surface area contributed by atoms with E-state index in [2.05, 4.69) is 15.0 Å². The molecule has 0 saturated heterocycles. The van der Waals surface area contributed by atoms with Crippen molar-refractivity contribution in [2.24, 2.45) is 5.73 Å². The predicted octanol–water partition coefficient (Wildman–Crippen LogP) is 2.70. The molecular formula is C21H21N7O. The molecule has 0 saturated carbocycles. The normalized spacial score (nSPS) is 11.0. The van der Waals surface area contributed by atoms with Crippen LogP contribution >= 0.6 is 0 Å². The van der Waals surface area contributed by atoms with Crippen LogP contribution in [0.1, 0.15) is 23.7 Å². The fraction of sp³-hybridized carbons (Fsp3) is 0.143. The number of hydrogen-bond donors (Lipinski definition) is 3. The van der Waals surface area contributed by atoms with Gasteiger partial charge in [-0.15, -0.1) is 0 Å². The number of nitrogen functional groups attached to an aromatic ring is 1. The van der Waals surface area contributed by atoms with E-state index < -0.39 is 0 Å². The second kappa shape index (κ2) is 7.23. The van der Waals surface area contributed by atoms with Crippen molar-refractivity contribution in [3.63, 3.8) is 0 Å². The predicted molar refractivity (Wildman–Crippen MR) is 112 cm³/mol. The first-order valence-electron chi connectivity index (χ1n) is 9.15. The fourth-order valence-electron chi connectivity index (χ4n) is 3.26. The maximum absolute atomic E-state index is 12.3. The summed E-state index contributed by atoms with van der Waals surface area (Å²) in [6.07, 6.45) is 1.63. The van der Waals surface area contributed by atoms with Crippen LogP contribution in [-0.4, -0.2) is 31.4 Å². The number of rotatable bonds is 5. The average molecular weight is 387 g/mol. The molecule has 0 atom stereocenters. The summed E-state index contributed by atoms with van der Waals surface area (Å²) in [5.74, 6) is 0.506. The zero-order valence-electron chi connectivity index (χ0n) is 16.2. The molecule has 0 aliphatic carbocycles. The molecule has 4 aromatic rings. The molecule has 0 spiro atoms. The molecule has 29 heavy (non-hydrogen) atoms. The van der Waals surface area contributed by atoms with Gasteiger partial charge in [0.25, 0.3) is 0 Å². The van der Waals surface area contributed by atoms with Crippen LogP contribution in [-0.2, 0) is 11.3 Å². The minimum absolute atomic E-state index is 0.00470. The first-order valence-corrected chi connectivity index (χ1v) is 9.15. The van der Waals surface area contributed by atoms with Crippen molar-refractivity contribution in [1.29, 1.82) is 5.41 Å². The number of benzene rings is 2. The number of imidazole rings is 2. The van der Waals surface area contributed by atoms with E-state index in [0.29, 0.717) is 29.1 Å². The van der Waals surface area contributed by atoms with Crippen molar-refractivity contribution in [3.05, 3.63) is 71.7 Å². The van der Waals surface area contributed by atoms with E-state index in [0.717, 1.165) is 16.8 Å². The summed E-state index contributed by atoms with van der Waals surface area (Å²) in [6, 6.07) is 15.2. The van der Waals surface area contributed by atoms with E-state index in [-0.39, 0.29) is 11.7 Å². The minimum Gasteiger partial charge on any atom is -0.384 e. The number of carbonyl (C=O) groups is 1. The Morgan fingerprint density at radius 2 is 2.00 bits per heavy atom. The van der Waals surface area contributed by atoms with Gasteiger partial charge in [0.2, 0.25) is 5.91 Å². The Morgan fingerprint density at radius 1 is 1.24 bits per heavy atom. The Balaban J connectivity index is 1.71. The summed E-state index contributed by atoms with van der Waals surface area (Å²) < 4.78 is 1.75. The lowest BCUT2D eigenvalue weighted by Gasteiger charge is -2.23. The Hall–Kier alpha value is -3.94. The third kappa shape index (κ3) is 3.47. The van der Waals surface area contributed by atoms with Crippen molar-refractivity contribution in [2.45, 2.75) is 20.4 Å². The summed E-state index contributed by atoms with van der Waals surface area (Å²) in [7, 11) is 0. The molecule has 1 amide bonds. The van der Waals surface area contributed by atoms with Crippen LogP contribution in [0.3, 0.4) is 0 Å². The third-order valence-electron chi connectivity index (χ3n) is 4.80. The standard InChI is InChI=1S/C21H21N7O/c1-13-19(21-25-17-9-8-16(20(22)23)10-18(17)26-21)24-12-28(13)27(14(2)29)11-15-6-4-3-5-7-15/h3-10,12H,11H2,1-2H3,(H3,22,23)(H,25,26). The molecule has 0 radical (unpaired) electrons. The zero-order valence-corrected chi connectivity index (χ0v) is 16.2. The van der Waals surface area contributed by atoms with Crippen molar-refractivity contribution in [3.8, 4) is 11.5 Å². The molecule has 0 unspecified atom stereocenters. The van der Waals surface area contributed by atoms with Crippen LogP contribution in [0.4, 0.5) is 0 Å². The smallest absolute Gasteiger partial charge is 0.238 e. The largest absolute Gasteiger partial charge is 0.384 e. The van der Waals surface area contributed by atoms with Gasteiger partial charge in [0.05, 0.1) is 23.3 Å². The summed E-state index contributed by atoms with van der Waals surface area (Å²) >= 11 is 0. The van der Waals surface area contributed by atoms with Gasteiger partial charge in [0.15, 0.2) is 5.82 Å². The maximum Gasteiger partial charge on any atom is 0.238 e. The van der Waals surface area contributed by atoms with E-state index in [1.54, 1.807) is 28.1 Å². The van der Waals surface area contributed by atoms with Gasteiger partial charge in [-0.2, -0.15) is 0 Å². The number of aromatic nitrogens is 4. The molecular weight excluding hydrogens is 366 g/mol. The molecule has 2 aromatic heterocycles. The topological polar surface area (TPSA) is 117 Å². The lowest BCUT2D eigenvalue weighted by Crippen LogP contribution is -2.38. The average Bonchev–Trinajstić information content (AvgIpc) is 3.29. The molecule has 2 heterocycles. The SMILES string of the molecule is CC(=O)N(Cc1ccccc1)n1cnc(-c2nc3cc(C(=N)N)ccc3[nH]2)c1C. The van der Waals surface area contributed by atoms with Gasteiger partial charge in [-0.05, 0) is 30.7 Å². The van der Waals surface area contributed by atoms with Gasteiger partial charge < -0.3 is 10.7 Å². The lowest BCUT2D eigenvalue weighted by molar-refractivity contribution is -0.118. The highest BCUT2D eigenvalue weighted by Crippen LogP contribution is 2.23. The Kier molecular flexibility index (Phi) is 4.59. The molecule has 4 rings (SSSR count). The fourth-order valence-corrected chi connectivity index (χ4v) is 3.26. The van der Waals surface area contributed by atoms with E-state index in [4.69, 9.17) is 11.1 Å². The third-order valence-corrected chi connectivity index (χ3v) is 4.80. The van der Waals surface area contributed by atoms with E-state index in [9.17, 15) is 4.79 Å². The number of fused-ring (bicyclic) bond motifs is 1. The Labute approximate surface area is 167 Å². The molecule has 0 aliphatic heterocycles. The van der Waals surface area contributed by atoms with Crippen molar-refractivity contribution in [1.82, 2.24) is 19.6 Å². The lowest BCUT2D eigenvalue weighted by atomic mass is 10.2. The molecule has 0 fully saturated rings. The van der Waals surface area contributed by atoms with Gasteiger partial charge in [-0.1, -0.05) is 30.3 Å². The van der Waals surface area contributed by atoms with E-state index >= 15 is 0 Å². The number of carbonyl (C=O) groups excluding carboxylic acids is 1. The second-order valence-corrected chi connectivity index (χ2v) is 6.82. The van der Waals surface area contributed by atoms with Crippen LogP contribution < -0.4 is 10.7 Å². The van der Waals surface area contributed by atoms with Crippen LogP contribution in [0, 0.1) is 12.3 Å². The van der Waals surface area contributed by atoms with Crippen LogP contribution in [0.25, 0.3) is 22.6 Å². The monoisotopic (exact) mass is 387 g/mol. The highest BCUT2D eigenvalue weighted by molar-refractivity contribution is 5.98. The number of amides is 1. The number of nitrogens with one attached hydrogen (secondary N) is 2. The molecule has 0 bridgehead atoms. The molecule has 2 aromatic carbocycles. The number of amidine groups is 1. The maximum atomic E-state index is 12.3. The highest BCUT2D eigenvalue weighted by atomic mass is 16.2. The minimum atomic E-state index is -0.0865. The molecule has 8 nitrogen and oxygen atoms in total. The quantitative estimate of drug-likeness (QED) is 0.360. The van der Waals surface area contributed by atoms with Crippen molar-refractivity contribution < 1.29 is 4.79 Å². The van der Waals surface area contributed by atoms with Crippen LogP contribution in [0.15, 0.2) is 54.9 Å². The second-order valence-electron chi connectivity index (χ2n) is 6.82. The number of nitrogens with two attached hydrogens (primary N) is 1. The first kappa shape index (κ1) is 18.4. The van der Waals surface area contributed by atoms with Gasteiger partial charge in [-0.25, -0.2) is 19.7 Å². The highest BCUT2D eigenvalue weighted by Gasteiger charge is 2.19. The van der Waals surface area contributed by atoms with E-state index in [1.165, 1.54) is 6.92 Å². The van der Waals surface area contributed by atoms with Crippen LogP contribution in [0.5, 0.6) is 0 Å². The van der Waals surface area contributed by atoms with E-state index in [1.807, 2.05) is 43.3 Å². The summed E-state index contributed by atoms with van der Waals surface area (Å²) in [6.45, 7) is 3.87.